The first-order valence-electron chi connectivity index (χ1n) is 9.39. The first-order chi connectivity index (χ1) is 13.1. The van der Waals surface area contributed by atoms with E-state index in [1.165, 1.54) is 4.90 Å². The molecule has 154 valence electrons. The highest BCUT2D eigenvalue weighted by Crippen LogP contribution is 2.21. The fourth-order valence-corrected chi connectivity index (χ4v) is 3.02. The highest BCUT2D eigenvalue weighted by molar-refractivity contribution is 5.96. The van der Waals surface area contributed by atoms with Crippen LogP contribution in [0.3, 0.4) is 0 Å². The zero-order valence-corrected chi connectivity index (χ0v) is 16.9. The standard InChI is InChI=1S/C20H29N3O5/c1-20(2,3)28-19(27)22(4)9-5-10-23-11-8-15-12-14(13-21-18(25)26)6-7-16(15)17(23)24/h6-7,12,21H,5,8-11,13H2,1-4H3,(H,25,26). The lowest BCUT2D eigenvalue weighted by molar-refractivity contribution is 0.0293. The lowest BCUT2D eigenvalue weighted by atomic mass is 9.96. The number of hydrogen-bond acceptors (Lipinski definition) is 4. The summed E-state index contributed by atoms with van der Waals surface area (Å²) in [6.45, 7) is 7.37. The molecule has 0 atom stereocenters. The lowest BCUT2D eigenvalue weighted by Gasteiger charge is -2.30. The van der Waals surface area contributed by atoms with E-state index in [4.69, 9.17) is 9.84 Å². The molecule has 1 heterocycles. The molecular formula is C20H29N3O5. The van der Waals surface area contributed by atoms with E-state index in [0.717, 1.165) is 17.5 Å². The van der Waals surface area contributed by atoms with Crippen molar-refractivity contribution in [2.24, 2.45) is 0 Å². The summed E-state index contributed by atoms with van der Waals surface area (Å²) in [7, 11) is 1.69. The second kappa shape index (κ2) is 8.95. The summed E-state index contributed by atoms with van der Waals surface area (Å²) in [5, 5.41) is 11.0. The van der Waals surface area contributed by atoms with Gasteiger partial charge in [-0.3, -0.25) is 4.79 Å². The van der Waals surface area contributed by atoms with Gasteiger partial charge in [0.25, 0.3) is 5.91 Å². The SMILES string of the molecule is CN(CCCN1CCc2cc(CNC(=O)O)ccc2C1=O)C(=O)OC(C)(C)C. The predicted molar refractivity (Wildman–Crippen MR) is 104 cm³/mol. The molecule has 0 saturated carbocycles. The summed E-state index contributed by atoms with van der Waals surface area (Å²) in [5.41, 5.74) is 1.90. The lowest BCUT2D eigenvalue weighted by Crippen LogP contribution is -2.40. The van der Waals surface area contributed by atoms with E-state index in [2.05, 4.69) is 5.32 Å². The summed E-state index contributed by atoms with van der Waals surface area (Å²) in [4.78, 5) is 38.6. The zero-order chi connectivity index (χ0) is 20.9. The van der Waals surface area contributed by atoms with Crippen LogP contribution in [0.1, 0.15) is 48.7 Å². The van der Waals surface area contributed by atoms with Gasteiger partial charge >= 0.3 is 12.2 Å². The van der Waals surface area contributed by atoms with Crippen LogP contribution in [0.5, 0.6) is 0 Å². The van der Waals surface area contributed by atoms with Gasteiger partial charge in [-0.25, -0.2) is 9.59 Å². The van der Waals surface area contributed by atoms with Gasteiger partial charge in [0.15, 0.2) is 0 Å². The number of rotatable bonds is 6. The fraction of sp³-hybridized carbons (Fsp3) is 0.550. The number of ether oxygens (including phenoxy) is 1. The number of carbonyl (C=O) groups is 3. The van der Waals surface area contributed by atoms with E-state index in [0.29, 0.717) is 31.6 Å². The Morgan fingerprint density at radius 2 is 2.04 bits per heavy atom. The Labute approximate surface area is 165 Å². The van der Waals surface area contributed by atoms with E-state index in [1.54, 1.807) is 24.1 Å². The molecule has 0 bridgehead atoms. The third-order valence-electron chi connectivity index (χ3n) is 4.41. The van der Waals surface area contributed by atoms with Crippen LogP contribution in [-0.4, -0.2) is 65.3 Å². The Balaban J connectivity index is 1.87. The molecule has 0 unspecified atom stereocenters. The third-order valence-corrected chi connectivity index (χ3v) is 4.41. The molecule has 8 heteroatoms. The molecule has 3 amide bonds. The van der Waals surface area contributed by atoms with Crippen LogP contribution in [0.2, 0.25) is 0 Å². The normalized spacial score (nSPS) is 13.7. The second-order valence-corrected chi connectivity index (χ2v) is 7.95. The number of carbonyl (C=O) groups excluding carboxylic acids is 2. The van der Waals surface area contributed by atoms with Gasteiger partial charge in [-0.1, -0.05) is 12.1 Å². The average Bonchev–Trinajstić information content (AvgIpc) is 2.60. The fourth-order valence-electron chi connectivity index (χ4n) is 3.02. The summed E-state index contributed by atoms with van der Waals surface area (Å²) in [6, 6.07) is 5.42. The molecule has 2 rings (SSSR count). The summed E-state index contributed by atoms with van der Waals surface area (Å²) >= 11 is 0. The van der Waals surface area contributed by atoms with Gasteiger partial charge < -0.3 is 25.0 Å². The largest absolute Gasteiger partial charge is 0.465 e. The first-order valence-corrected chi connectivity index (χ1v) is 9.39. The van der Waals surface area contributed by atoms with Crippen molar-refractivity contribution in [3.63, 3.8) is 0 Å². The van der Waals surface area contributed by atoms with Crippen LogP contribution >= 0.6 is 0 Å². The molecule has 28 heavy (non-hydrogen) atoms. The Morgan fingerprint density at radius 1 is 1.32 bits per heavy atom. The van der Waals surface area contributed by atoms with Crippen molar-refractivity contribution in [1.29, 1.82) is 0 Å². The van der Waals surface area contributed by atoms with Gasteiger partial charge in [0.05, 0.1) is 0 Å². The maximum atomic E-state index is 12.7. The topological polar surface area (TPSA) is 99.2 Å². The van der Waals surface area contributed by atoms with Crippen LogP contribution in [-0.2, 0) is 17.7 Å². The van der Waals surface area contributed by atoms with E-state index < -0.39 is 11.7 Å². The van der Waals surface area contributed by atoms with E-state index in [1.807, 2.05) is 26.8 Å². The highest BCUT2D eigenvalue weighted by Gasteiger charge is 2.25. The summed E-state index contributed by atoms with van der Waals surface area (Å²) in [5.74, 6) is -0.0288. The van der Waals surface area contributed by atoms with Gasteiger partial charge in [0, 0.05) is 38.8 Å². The van der Waals surface area contributed by atoms with Gasteiger partial charge in [-0.15, -0.1) is 0 Å². The van der Waals surface area contributed by atoms with Crippen LogP contribution in [0.25, 0.3) is 0 Å². The maximum absolute atomic E-state index is 12.7. The molecule has 8 nitrogen and oxygen atoms in total. The number of fused-ring (bicyclic) bond motifs is 1. The molecule has 0 fully saturated rings. The van der Waals surface area contributed by atoms with Crippen molar-refractivity contribution in [2.75, 3.05) is 26.7 Å². The highest BCUT2D eigenvalue weighted by atomic mass is 16.6. The van der Waals surface area contributed by atoms with Gasteiger partial charge in [0.1, 0.15) is 5.60 Å². The molecule has 2 N–H and O–H groups in total. The van der Waals surface area contributed by atoms with Gasteiger partial charge in [-0.2, -0.15) is 0 Å². The number of hydrogen-bond donors (Lipinski definition) is 2. The Kier molecular flexibility index (Phi) is 6.88. The van der Waals surface area contributed by atoms with Crippen LogP contribution in [0.4, 0.5) is 9.59 Å². The minimum atomic E-state index is -1.07. The molecule has 0 saturated heterocycles. The Bertz CT molecular complexity index is 742. The van der Waals surface area contributed by atoms with E-state index in [9.17, 15) is 14.4 Å². The maximum Gasteiger partial charge on any atom is 0.410 e. The monoisotopic (exact) mass is 391 g/mol. The molecule has 1 aromatic carbocycles. The summed E-state index contributed by atoms with van der Waals surface area (Å²) in [6.07, 6.45) is -0.0527. The molecule has 1 aliphatic rings. The minimum Gasteiger partial charge on any atom is -0.465 e. The zero-order valence-electron chi connectivity index (χ0n) is 16.9. The number of carboxylic acid groups (broad SMARTS) is 1. The second-order valence-electron chi connectivity index (χ2n) is 7.95. The Morgan fingerprint density at radius 3 is 2.68 bits per heavy atom. The van der Waals surface area contributed by atoms with Crippen molar-refractivity contribution in [1.82, 2.24) is 15.1 Å². The van der Waals surface area contributed by atoms with Crippen molar-refractivity contribution in [3.8, 4) is 0 Å². The van der Waals surface area contributed by atoms with Gasteiger partial charge in [0.2, 0.25) is 0 Å². The van der Waals surface area contributed by atoms with E-state index >= 15 is 0 Å². The number of nitrogens with zero attached hydrogens (tertiary/aromatic N) is 2. The van der Waals surface area contributed by atoms with Crippen molar-refractivity contribution < 1.29 is 24.2 Å². The smallest absolute Gasteiger partial charge is 0.410 e. The van der Waals surface area contributed by atoms with Crippen LogP contribution in [0.15, 0.2) is 18.2 Å². The number of nitrogens with one attached hydrogen (secondary N) is 1. The van der Waals surface area contributed by atoms with Gasteiger partial charge in [-0.05, 0) is 50.8 Å². The number of benzene rings is 1. The molecule has 0 aromatic heterocycles. The van der Waals surface area contributed by atoms with Crippen LogP contribution in [0, 0.1) is 0 Å². The molecule has 1 aromatic rings. The number of amides is 3. The molecule has 0 spiro atoms. The van der Waals surface area contributed by atoms with Crippen molar-refractivity contribution >= 4 is 18.1 Å². The van der Waals surface area contributed by atoms with Crippen LogP contribution < -0.4 is 5.32 Å². The van der Waals surface area contributed by atoms with Crippen molar-refractivity contribution in [2.45, 2.75) is 45.8 Å². The predicted octanol–water partition coefficient (Wildman–Crippen LogP) is 2.71. The summed E-state index contributed by atoms with van der Waals surface area (Å²) < 4.78 is 5.32. The molecule has 0 aliphatic carbocycles. The third kappa shape index (κ3) is 6.14. The van der Waals surface area contributed by atoms with E-state index in [-0.39, 0.29) is 18.5 Å². The Hall–Kier alpha value is -2.77. The molecule has 0 radical (unpaired) electrons. The van der Waals surface area contributed by atoms with Crippen molar-refractivity contribution in [3.05, 3.63) is 34.9 Å². The quantitative estimate of drug-likeness (QED) is 0.777. The minimum absolute atomic E-state index is 0.0288. The molecular weight excluding hydrogens is 362 g/mol. The average molecular weight is 391 g/mol. The first kappa shape index (κ1) is 21.5. The molecule has 1 aliphatic heterocycles.